The molecule has 6 heteroatoms. The van der Waals surface area contributed by atoms with Gasteiger partial charge in [0.25, 0.3) is 0 Å². The number of sulfonamides is 1. The van der Waals surface area contributed by atoms with Crippen LogP contribution in [0.3, 0.4) is 0 Å². The summed E-state index contributed by atoms with van der Waals surface area (Å²) in [6.07, 6.45) is 1.71. The third kappa shape index (κ3) is 5.46. The molecule has 1 fully saturated rings. The van der Waals surface area contributed by atoms with Gasteiger partial charge in [0.05, 0.1) is 5.75 Å². The molecule has 0 aromatic heterocycles. The minimum Gasteiger partial charge on any atom is -0.385 e. The first-order valence-corrected chi connectivity index (χ1v) is 6.98. The van der Waals surface area contributed by atoms with Gasteiger partial charge in [-0.25, -0.2) is 13.1 Å². The van der Waals surface area contributed by atoms with Crippen LogP contribution in [0.4, 0.5) is 0 Å². The van der Waals surface area contributed by atoms with Crippen molar-refractivity contribution in [3.8, 4) is 0 Å². The van der Waals surface area contributed by atoms with Crippen LogP contribution in [0.5, 0.6) is 0 Å². The van der Waals surface area contributed by atoms with Crippen LogP contribution in [0.2, 0.25) is 0 Å². The van der Waals surface area contributed by atoms with Crippen molar-refractivity contribution in [3.63, 3.8) is 0 Å². The maximum atomic E-state index is 11.2. The molecule has 0 amide bonds. The third-order valence-corrected chi connectivity index (χ3v) is 3.93. The molecule has 0 radical (unpaired) electrons. The first-order chi connectivity index (χ1) is 7.14. The van der Waals surface area contributed by atoms with Crippen LogP contribution >= 0.6 is 0 Å². The minimum absolute atomic E-state index is 0.244. The Morgan fingerprint density at radius 2 is 2.20 bits per heavy atom. The number of hydrogen-bond acceptors (Lipinski definition) is 4. The molecule has 0 atom stereocenters. The molecule has 90 valence electrons. The first-order valence-electron chi connectivity index (χ1n) is 5.33. The molecule has 0 unspecified atom stereocenters. The Bertz CT molecular complexity index is 251. The summed E-state index contributed by atoms with van der Waals surface area (Å²) >= 11 is 0. The Hall–Kier alpha value is -0.170. The average molecular weight is 236 g/mol. The highest BCUT2D eigenvalue weighted by atomic mass is 32.2. The third-order valence-electron chi connectivity index (χ3n) is 2.46. The predicted octanol–water partition coefficient (Wildman–Crippen LogP) is -0.352. The van der Waals surface area contributed by atoms with Gasteiger partial charge >= 0.3 is 0 Å². The van der Waals surface area contributed by atoms with Gasteiger partial charge in [-0.15, -0.1) is 0 Å². The molecule has 1 aliphatic rings. The van der Waals surface area contributed by atoms with Crippen molar-refractivity contribution in [2.45, 2.75) is 12.8 Å². The highest BCUT2D eigenvalue weighted by Crippen LogP contribution is 2.00. The van der Waals surface area contributed by atoms with Crippen molar-refractivity contribution >= 4 is 10.0 Å². The number of ether oxygens (including phenoxy) is 1. The molecule has 1 aliphatic heterocycles. The van der Waals surface area contributed by atoms with Crippen molar-refractivity contribution in [1.29, 1.82) is 0 Å². The van der Waals surface area contributed by atoms with Gasteiger partial charge in [-0.2, -0.15) is 0 Å². The van der Waals surface area contributed by atoms with Crippen molar-refractivity contribution in [3.05, 3.63) is 0 Å². The van der Waals surface area contributed by atoms with E-state index in [0.29, 0.717) is 13.0 Å². The zero-order valence-electron chi connectivity index (χ0n) is 9.24. The highest BCUT2D eigenvalue weighted by Gasteiger charge is 2.15. The zero-order chi connectivity index (χ0) is 11.1. The molecule has 5 nitrogen and oxygen atoms in total. The average Bonchev–Trinajstić information content (AvgIpc) is 2.14. The second kappa shape index (κ2) is 6.42. The summed E-state index contributed by atoms with van der Waals surface area (Å²) in [5.41, 5.74) is 0. The Morgan fingerprint density at radius 1 is 1.40 bits per heavy atom. The van der Waals surface area contributed by atoms with Crippen LogP contribution in [0.15, 0.2) is 0 Å². The summed E-state index contributed by atoms with van der Waals surface area (Å²) in [5.74, 6) is 0.244. The molecule has 1 saturated heterocycles. The summed E-state index contributed by atoms with van der Waals surface area (Å²) in [4.78, 5) is 2.28. The summed E-state index contributed by atoms with van der Waals surface area (Å²) in [6.45, 7) is 3.93. The topological polar surface area (TPSA) is 58.6 Å². The molecule has 1 rings (SSSR count). The molecule has 1 heterocycles. The number of methoxy groups -OCH3 is 1. The van der Waals surface area contributed by atoms with E-state index in [9.17, 15) is 8.42 Å². The van der Waals surface area contributed by atoms with Crippen molar-refractivity contribution < 1.29 is 13.2 Å². The Labute approximate surface area is 91.8 Å². The normalized spacial score (nSPS) is 23.3. The number of nitrogens with one attached hydrogen (secondary N) is 1. The van der Waals surface area contributed by atoms with E-state index in [4.69, 9.17) is 4.74 Å². The van der Waals surface area contributed by atoms with Crippen LogP contribution in [0.25, 0.3) is 0 Å². The van der Waals surface area contributed by atoms with E-state index < -0.39 is 10.0 Å². The van der Waals surface area contributed by atoms with Gasteiger partial charge in [-0.3, -0.25) is 0 Å². The second-order valence-corrected chi connectivity index (χ2v) is 5.68. The summed E-state index contributed by atoms with van der Waals surface area (Å²) in [6, 6.07) is 0. The molecule has 0 bridgehead atoms. The summed E-state index contributed by atoms with van der Waals surface area (Å²) in [5, 5.41) is 0. The van der Waals surface area contributed by atoms with Crippen LogP contribution in [0, 0.1) is 0 Å². The summed E-state index contributed by atoms with van der Waals surface area (Å²) < 4.78 is 30.0. The fourth-order valence-electron chi connectivity index (χ4n) is 1.68. The maximum Gasteiger partial charge on any atom is 0.211 e. The Kier molecular flexibility index (Phi) is 5.52. The highest BCUT2D eigenvalue weighted by molar-refractivity contribution is 7.89. The molecule has 0 aromatic carbocycles. The van der Waals surface area contributed by atoms with Gasteiger partial charge in [-0.1, -0.05) is 0 Å². The van der Waals surface area contributed by atoms with E-state index in [1.165, 1.54) is 0 Å². The molecule has 1 N–H and O–H groups in total. The van der Waals surface area contributed by atoms with Crippen LogP contribution in [0.1, 0.15) is 12.8 Å². The van der Waals surface area contributed by atoms with Crippen LogP contribution in [-0.2, 0) is 14.8 Å². The molecule has 0 saturated carbocycles. The number of hydrogen-bond donors (Lipinski definition) is 1. The van der Waals surface area contributed by atoms with Crippen LogP contribution in [-0.4, -0.2) is 59.0 Å². The van der Waals surface area contributed by atoms with E-state index in [-0.39, 0.29) is 5.75 Å². The molecular formula is C9H20N2O3S. The lowest BCUT2D eigenvalue weighted by Gasteiger charge is -2.24. The monoisotopic (exact) mass is 236 g/mol. The molecular weight excluding hydrogens is 216 g/mol. The quantitative estimate of drug-likeness (QED) is 0.678. The van der Waals surface area contributed by atoms with E-state index in [1.807, 2.05) is 0 Å². The molecule has 0 spiro atoms. The molecule has 0 aliphatic carbocycles. The first kappa shape index (κ1) is 12.9. The van der Waals surface area contributed by atoms with E-state index in [1.54, 1.807) is 7.11 Å². The predicted molar refractivity (Wildman–Crippen MR) is 59.3 cm³/mol. The number of nitrogens with zero attached hydrogens (tertiary/aromatic N) is 1. The lowest BCUT2D eigenvalue weighted by Crippen LogP contribution is -2.40. The zero-order valence-corrected chi connectivity index (χ0v) is 10.1. The van der Waals surface area contributed by atoms with Gasteiger partial charge < -0.3 is 9.64 Å². The Morgan fingerprint density at radius 3 is 2.93 bits per heavy atom. The van der Waals surface area contributed by atoms with Crippen molar-refractivity contribution in [2.75, 3.05) is 45.6 Å². The van der Waals surface area contributed by atoms with E-state index in [0.717, 1.165) is 32.7 Å². The van der Waals surface area contributed by atoms with Gasteiger partial charge in [0.2, 0.25) is 10.0 Å². The largest absolute Gasteiger partial charge is 0.385 e. The fourth-order valence-corrected chi connectivity index (χ4v) is 2.73. The van der Waals surface area contributed by atoms with Crippen molar-refractivity contribution in [2.24, 2.45) is 0 Å². The van der Waals surface area contributed by atoms with Gasteiger partial charge in [0.1, 0.15) is 0 Å². The fraction of sp³-hybridized carbons (Fsp3) is 1.00. The molecule has 0 aromatic rings. The SMILES string of the molecule is COCCCN1CCCS(=O)(=O)NCC1. The second-order valence-electron chi connectivity index (χ2n) is 3.75. The summed E-state index contributed by atoms with van der Waals surface area (Å²) in [7, 11) is -1.30. The van der Waals surface area contributed by atoms with Gasteiger partial charge in [0.15, 0.2) is 0 Å². The number of rotatable bonds is 4. The lowest BCUT2D eigenvalue weighted by atomic mass is 10.3. The van der Waals surface area contributed by atoms with Gasteiger partial charge in [0, 0.05) is 33.4 Å². The standard InChI is InChI=1S/C9H20N2O3S/c1-14-8-2-5-11-6-3-9-15(12,13)10-4-7-11/h10H,2-9H2,1H3. The Balaban J connectivity index is 2.26. The van der Waals surface area contributed by atoms with E-state index in [2.05, 4.69) is 9.62 Å². The van der Waals surface area contributed by atoms with Gasteiger partial charge in [-0.05, 0) is 19.4 Å². The molecule has 15 heavy (non-hydrogen) atoms. The maximum absolute atomic E-state index is 11.2. The lowest BCUT2D eigenvalue weighted by molar-refractivity contribution is 0.172. The van der Waals surface area contributed by atoms with Crippen molar-refractivity contribution in [1.82, 2.24) is 9.62 Å². The smallest absolute Gasteiger partial charge is 0.211 e. The van der Waals surface area contributed by atoms with Crippen LogP contribution < -0.4 is 4.72 Å². The van der Waals surface area contributed by atoms with E-state index >= 15 is 0 Å². The minimum atomic E-state index is -2.99.